The predicted molar refractivity (Wildman–Crippen MR) is 94.2 cm³/mol. The summed E-state index contributed by atoms with van der Waals surface area (Å²) in [4.78, 5) is 39.7. The number of aromatic nitrogens is 2. The fourth-order valence-electron chi connectivity index (χ4n) is 2.56. The van der Waals surface area contributed by atoms with Gasteiger partial charge in [0.2, 0.25) is 5.91 Å². The average Bonchev–Trinajstić information content (AvgIpc) is 2.60. The lowest BCUT2D eigenvalue weighted by Gasteiger charge is -2.08. The van der Waals surface area contributed by atoms with Crippen LogP contribution in [0.25, 0.3) is 10.9 Å². The second-order valence-electron chi connectivity index (χ2n) is 5.89. The number of carbonyl (C=O) groups is 2. The number of amides is 1. The molecule has 0 saturated heterocycles. The smallest absolute Gasteiger partial charge is 0.305 e. The van der Waals surface area contributed by atoms with Crippen LogP contribution in [0, 0.1) is 6.92 Å². The second-order valence-corrected chi connectivity index (χ2v) is 5.89. The zero-order chi connectivity index (χ0) is 18.2. The Morgan fingerprint density at radius 2 is 2.04 bits per heavy atom. The van der Waals surface area contributed by atoms with Crippen molar-refractivity contribution in [3.63, 3.8) is 0 Å². The van der Waals surface area contributed by atoms with Crippen LogP contribution in [0.15, 0.2) is 29.3 Å². The number of aryl methyl sites for hydroxylation is 1. The van der Waals surface area contributed by atoms with Crippen LogP contribution in [0.1, 0.15) is 31.2 Å². The highest BCUT2D eigenvalue weighted by molar-refractivity contribution is 5.81. The van der Waals surface area contributed by atoms with Crippen LogP contribution in [0.4, 0.5) is 0 Å². The molecular formula is C18H23N3O4. The summed E-state index contributed by atoms with van der Waals surface area (Å²) in [6, 6.07) is 5.42. The maximum atomic E-state index is 12.4. The summed E-state index contributed by atoms with van der Waals surface area (Å²) in [6.07, 6.45) is 4.13. The van der Waals surface area contributed by atoms with Gasteiger partial charge in [-0.15, -0.1) is 0 Å². The number of nitrogens with one attached hydrogen (secondary N) is 1. The zero-order valence-electron chi connectivity index (χ0n) is 14.6. The van der Waals surface area contributed by atoms with E-state index in [-0.39, 0.29) is 24.0 Å². The molecule has 0 aliphatic heterocycles. The maximum absolute atomic E-state index is 12.4. The number of unbranched alkanes of at least 4 members (excludes halogenated alkanes) is 2. The van der Waals surface area contributed by atoms with Gasteiger partial charge in [-0.05, 0) is 31.4 Å². The summed E-state index contributed by atoms with van der Waals surface area (Å²) < 4.78 is 5.88. The van der Waals surface area contributed by atoms with E-state index in [4.69, 9.17) is 0 Å². The minimum Gasteiger partial charge on any atom is -0.469 e. The molecule has 0 saturated carbocycles. The van der Waals surface area contributed by atoms with E-state index < -0.39 is 0 Å². The summed E-state index contributed by atoms with van der Waals surface area (Å²) in [5.74, 6) is -0.452. The molecule has 0 fully saturated rings. The van der Waals surface area contributed by atoms with E-state index >= 15 is 0 Å². The molecular weight excluding hydrogens is 322 g/mol. The molecule has 7 heteroatoms. The van der Waals surface area contributed by atoms with Gasteiger partial charge in [0.05, 0.1) is 24.3 Å². The quantitative estimate of drug-likeness (QED) is 0.579. The molecule has 25 heavy (non-hydrogen) atoms. The van der Waals surface area contributed by atoms with Crippen molar-refractivity contribution in [1.82, 2.24) is 14.9 Å². The summed E-state index contributed by atoms with van der Waals surface area (Å²) in [6.45, 7) is 2.35. The second kappa shape index (κ2) is 8.96. The number of methoxy groups -OCH3 is 1. The molecule has 1 amide bonds. The van der Waals surface area contributed by atoms with Gasteiger partial charge in [-0.25, -0.2) is 4.98 Å². The van der Waals surface area contributed by atoms with Gasteiger partial charge in [0.25, 0.3) is 5.56 Å². The number of benzene rings is 1. The van der Waals surface area contributed by atoms with Gasteiger partial charge in [-0.1, -0.05) is 18.6 Å². The molecule has 0 unspecified atom stereocenters. The summed E-state index contributed by atoms with van der Waals surface area (Å²) in [5, 5.41) is 3.29. The first-order chi connectivity index (χ1) is 12.0. The van der Waals surface area contributed by atoms with Crippen molar-refractivity contribution in [3.05, 3.63) is 40.4 Å². The number of nitrogens with zero attached hydrogens (tertiary/aromatic N) is 2. The van der Waals surface area contributed by atoms with Crippen molar-refractivity contribution >= 4 is 22.8 Å². The average molecular weight is 345 g/mol. The topological polar surface area (TPSA) is 90.3 Å². The Balaban J connectivity index is 1.83. The Labute approximate surface area is 146 Å². The molecule has 7 nitrogen and oxygen atoms in total. The molecule has 134 valence electrons. The molecule has 0 spiro atoms. The van der Waals surface area contributed by atoms with Crippen LogP contribution in [0.3, 0.4) is 0 Å². The number of fused-ring (bicyclic) bond motifs is 1. The van der Waals surface area contributed by atoms with Crippen molar-refractivity contribution in [2.45, 2.75) is 39.2 Å². The minimum atomic E-state index is -0.233. The number of hydrogen-bond donors (Lipinski definition) is 1. The largest absolute Gasteiger partial charge is 0.469 e. The molecule has 0 radical (unpaired) electrons. The Hall–Kier alpha value is -2.70. The van der Waals surface area contributed by atoms with E-state index in [0.29, 0.717) is 23.9 Å². The molecule has 2 rings (SSSR count). The van der Waals surface area contributed by atoms with Crippen molar-refractivity contribution in [1.29, 1.82) is 0 Å². The van der Waals surface area contributed by atoms with Crippen LogP contribution >= 0.6 is 0 Å². The molecule has 1 heterocycles. The molecule has 0 aliphatic carbocycles. The summed E-state index contributed by atoms with van der Waals surface area (Å²) in [5.41, 5.74) is 1.37. The Morgan fingerprint density at radius 3 is 2.80 bits per heavy atom. The predicted octanol–water partition coefficient (Wildman–Crippen LogP) is 1.55. The molecule has 2 aromatic rings. The zero-order valence-corrected chi connectivity index (χ0v) is 14.6. The monoisotopic (exact) mass is 345 g/mol. The van der Waals surface area contributed by atoms with Crippen molar-refractivity contribution in [2.75, 3.05) is 13.7 Å². The Kier molecular flexibility index (Phi) is 6.68. The van der Waals surface area contributed by atoms with E-state index in [1.807, 2.05) is 13.0 Å². The third kappa shape index (κ3) is 5.14. The van der Waals surface area contributed by atoms with Gasteiger partial charge in [0, 0.05) is 13.0 Å². The van der Waals surface area contributed by atoms with Crippen molar-refractivity contribution in [3.8, 4) is 0 Å². The third-order valence-corrected chi connectivity index (χ3v) is 3.98. The molecule has 1 aromatic heterocycles. The van der Waals surface area contributed by atoms with Gasteiger partial charge in [-0.3, -0.25) is 19.0 Å². The van der Waals surface area contributed by atoms with E-state index in [9.17, 15) is 14.4 Å². The molecule has 0 bridgehead atoms. The van der Waals surface area contributed by atoms with Gasteiger partial charge < -0.3 is 10.1 Å². The lowest BCUT2D eigenvalue weighted by molar-refractivity contribution is -0.140. The fraction of sp³-hybridized carbons (Fsp3) is 0.444. The van der Waals surface area contributed by atoms with E-state index in [1.165, 1.54) is 18.0 Å². The number of hydrogen-bond acceptors (Lipinski definition) is 5. The maximum Gasteiger partial charge on any atom is 0.305 e. The summed E-state index contributed by atoms with van der Waals surface area (Å²) >= 11 is 0. The molecule has 1 aromatic carbocycles. The molecule has 0 aliphatic rings. The summed E-state index contributed by atoms with van der Waals surface area (Å²) in [7, 11) is 1.37. The van der Waals surface area contributed by atoms with Crippen molar-refractivity contribution in [2.24, 2.45) is 0 Å². The van der Waals surface area contributed by atoms with Gasteiger partial charge in [0.15, 0.2) is 0 Å². The first kappa shape index (κ1) is 18.6. The van der Waals surface area contributed by atoms with Gasteiger partial charge in [0.1, 0.15) is 6.54 Å². The number of para-hydroxylation sites is 1. The lowest BCUT2D eigenvalue weighted by Crippen LogP contribution is -2.33. The van der Waals surface area contributed by atoms with Crippen LogP contribution in [-0.4, -0.2) is 35.1 Å². The first-order valence-corrected chi connectivity index (χ1v) is 8.31. The highest BCUT2D eigenvalue weighted by Crippen LogP contribution is 2.11. The van der Waals surface area contributed by atoms with Crippen LogP contribution < -0.4 is 10.9 Å². The third-order valence-electron chi connectivity index (χ3n) is 3.98. The highest BCUT2D eigenvalue weighted by Gasteiger charge is 2.09. The van der Waals surface area contributed by atoms with E-state index in [2.05, 4.69) is 15.0 Å². The Bertz CT molecular complexity index is 814. The van der Waals surface area contributed by atoms with E-state index in [1.54, 1.807) is 12.1 Å². The normalized spacial score (nSPS) is 10.6. The van der Waals surface area contributed by atoms with Crippen LogP contribution in [-0.2, 0) is 20.9 Å². The standard InChI is InChI=1S/C18H23N3O4/c1-13-7-6-8-14-17(13)20-12-21(18(14)24)11-15(22)19-10-5-3-4-9-16(23)25-2/h6-8,12H,3-5,9-11H2,1-2H3,(H,19,22). The lowest BCUT2D eigenvalue weighted by atomic mass is 10.1. The molecule has 0 atom stereocenters. The van der Waals surface area contributed by atoms with Crippen LogP contribution in [0.2, 0.25) is 0 Å². The number of ether oxygens (including phenoxy) is 1. The number of rotatable bonds is 8. The SMILES string of the molecule is COC(=O)CCCCCNC(=O)Cn1cnc2c(C)cccc2c1=O. The van der Waals surface area contributed by atoms with Gasteiger partial charge in [-0.2, -0.15) is 0 Å². The number of carbonyl (C=O) groups excluding carboxylic acids is 2. The first-order valence-electron chi connectivity index (χ1n) is 8.31. The Morgan fingerprint density at radius 1 is 1.24 bits per heavy atom. The fourth-order valence-corrected chi connectivity index (χ4v) is 2.56. The van der Waals surface area contributed by atoms with Gasteiger partial charge >= 0.3 is 5.97 Å². The van der Waals surface area contributed by atoms with E-state index in [0.717, 1.165) is 24.8 Å². The number of esters is 1. The highest BCUT2D eigenvalue weighted by atomic mass is 16.5. The molecule has 1 N–H and O–H groups in total. The van der Waals surface area contributed by atoms with Crippen molar-refractivity contribution < 1.29 is 14.3 Å². The minimum absolute atomic E-state index is 0.0577. The van der Waals surface area contributed by atoms with Crippen LogP contribution in [0.5, 0.6) is 0 Å².